The molecule has 0 aliphatic carbocycles. The molecular formula is C8H8ClFS. The Morgan fingerprint density at radius 3 is 2.64 bits per heavy atom. The van der Waals surface area contributed by atoms with Gasteiger partial charge in [0, 0.05) is 9.92 Å². The van der Waals surface area contributed by atoms with E-state index in [1.165, 1.54) is 17.8 Å². The molecule has 0 unspecified atom stereocenters. The van der Waals surface area contributed by atoms with Crippen LogP contribution in [0.1, 0.15) is 5.56 Å². The molecule has 0 aliphatic rings. The van der Waals surface area contributed by atoms with Crippen LogP contribution in [0.25, 0.3) is 0 Å². The summed E-state index contributed by atoms with van der Waals surface area (Å²) in [5.74, 6) is -0.195. The standard InChI is InChI=1S/C8H8ClFS/c1-5-3-7(10)8(11-2)4-6(5)9/h3-4H,1-2H3. The maximum absolute atomic E-state index is 13.0. The lowest BCUT2D eigenvalue weighted by atomic mass is 10.2. The number of benzene rings is 1. The lowest BCUT2D eigenvalue weighted by Gasteiger charge is -2.01. The maximum Gasteiger partial charge on any atom is 0.137 e. The van der Waals surface area contributed by atoms with Crippen LogP contribution < -0.4 is 0 Å². The molecule has 0 aromatic heterocycles. The summed E-state index contributed by atoms with van der Waals surface area (Å²) in [6.45, 7) is 1.79. The van der Waals surface area contributed by atoms with Crippen LogP contribution in [0.4, 0.5) is 4.39 Å². The van der Waals surface area contributed by atoms with Gasteiger partial charge < -0.3 is 0 Å². The molecule has 0 saturated carbocycles. The summed E-state index contributed by atoms with van der Waals surface area (Å²) in [5.41, 5.74) is 0.780. The molecule has 1 aromatic carbocycles. The number of halogens is 2. The fraction of sp³-hybridized carbons (Fsp3) is 0.250. The fourth-order valence-electron chi connectivity index (χ4n) is 0.784. The van der Waals surface area contributed by atoms with Crippen molar-refractivity contribution in [1.82, 2.24) is 0 Å². The zero-order valence-electron chi connectivity index (χ0n) is 6.32. The first-order chi connectivity index (χ1) is 5.15. The van der Waals surface area contributed by atoms with E-state index in [2.05, 4.69) is 0 Å². The van der Waals surface area contributed by atoms with Gasteiger partial charge in [0.2, 0.25) is 0 Å². The van der Waals surface area contributed by atoms with E-state index in [-0.39, 0.29) is 5.82 Å². The number of thioether (sulfide) groups is 1. The number of aryl methyl sites for hydroxylation is 1. The van der Waals surface area contributed by atoms with Crippen LogP contribution in [0.5, 0.6) is 0 Å². The quantitative estimate of drug-likeness (QED) is 0.611. The molecule has 1 aromatic rings. The van der Waals surface area contributed by atoms with Gasteiger partial charge in [0.1, 0.15) is 5.82 Å². The van der Waals surface area contributed by atoms with Gasteiger partial charge in [-0.3, -0.25) is 0 Å². The molecule has 0 aliphatic heterocycles. The van der Waals surface area contributed by atoms with Crippen LogP contribution in [0.15, 0.2) is 17.0 Å². The van der Waals surface area contributed by atoms with Crippen LogP contribution in [0.2, 0.25) is 5.02 Å². The molecule has 0 atom stereocenters. The Balaban J connectivity index is 3.21. The van der Waals surface area contributed by atoms with Gasteiger partial charge in [-0.2, -0.15) is 0 Å². The smallest absolute Gasteiger partial charge is 0.137 e. The average Bonchev–Trinajstić information content (AvgIpc) is 1.97. The van der Waals surface area contributed by atoms with Crippen LogP contribution in [0, 0.1) is 12.7 Å². The van der Waals surface area contributed by atoms with Crippen LogP contribution in [-0.2, 0) is 0 Å². The average molecular weight is 191 g/mol. The second-order valence-electron chi connectivity index (χ2n) is 2.24. The second kappa shape index (κ2) is 3.46. The van der Waals surface area contributed by atoms with E-state index < -0.39 is 0 Å². The van der Waals surface area contributed by atoms with Gasteiger partial charge in [-0.05, 0) is 30.9 Å². The summed E-state index contributed by atoms with van der Waals surface area (Å²) in [7, 11) is 0. The van der Waals surface area contributed by atoms with Crippen molar-refractivity contribution < 1.29 is 4.39 Å². The highest BCUT2D eigenvalue weighted by molar-refractivity contribution is 7.98. The summed E-state index contributed by atoms with van der Waals surface area (Å²) in [6, 6.07) is 3.10. The molecule has 0 amide bonds. The monoisotopic (exact) mass is 190 g/mol. The van der Waals surface area contributed by atoms with E-state index in [1.807, 2.05) is 6.26 Å². The summed E-state index contributed by atoms with van der Waals surface area (Å²) in [5, 5.41) is 0.621. The topological polar surface area (TPSA) is 0 Å². The first-order valence-electron chi connectivity index (χ1n) is 3.15. The second-order valence-corrected chi connectivity index (χ2v) is 3.49. The van der Waals surface area contributed by atoms with Crippen LogP contribution >= 0.6 is 23.4 Å². The first-order valence-corrected chi connectivity index (χ1v) is 4.75. The number of hydrogen-bond donors (Lipinski definition) is 0. The minimum atomic E-state index is -0.195. The highest BCUT2D eigenvalue weighted by atomic mass is 35.5. The van der Waals surface area contributed by atoms with Crippen molar-refractivity contribution in [2.75, 3.05) is 6.26 Å². The van der Waals surface area contributed by atoms with Crippen molar-refractivity contribution in [3.8, 4) is 0 Å². The van der Waals surface area contributed by atoms with Gasteiger partial charge >= 0.3 is 0 Å². The van der Waals surface area contributed by atoms with Crippen molar-refractivity contribution >= 4 is 23.4 Å². The third-order valence-corrected chi connectivity index (χ3v) is 2.59. The molecule has 60 valence electrons. The molecule has 0 saturated heterocycles. The maximum atomic E-state index is 13.0. The third-order valence-electron chi connectivity index (χ3n) is 1.43. The fourth-order valence-corrected chi connectivity index (χ4v) is 1.50. The van der Waals surface area contributed by atoms with E-state index in [0.29, 0.717) is 9.92 Å². The van der Waals surface area contributed by atoms with E-state index >= 15 is 0 Å². The van der Waals surface area contributed by atoms with Crippen molar-refractivity contribution in [3.63, 3.8) is 0 Å². The Morgan fingerprint density at radius 1 is 1.45 bits per heavy atom. The predicted octanol–water partition coefficient (Wildman–Crippen LogP) is 3.51. The van der Waals surface area contributed by atoms with Crippen molar-refractivity contribution in [2.45, 2.75) is 11.8 Å². The first kappa shape index (κ1) is 8.88. The molecule has 0 fully saturated rings. The van der Waals surface area contributed by atoms with Crippen LogP contribution in [-0.4, -0.2) is 6.26 Å². The minimum absolute atomic E-state index is 0.195. The molecule has 0 N–H and O–H groups in total. The Kier molecular flexibility index (Phi) is 2.79. The lowest BCUT2D eigenvalue weighted by Crippen LogP contribution is -1.83. The molecule has 0 bridgehead atoms. The van der Waals surface area contributed by atoms with Crippen molar-refractivity contribution in [3.05, 3.63) is 28.5 Å². The van der Waals surface area contributed by atoms with Crippen molar-refractivity contribution in [2.24, 2.45) is 0 Å². The zero-order valence-corrected chi connectivity index (χ0v) is 7.89. The molecular weight excluding hydrogens is 183 g/mol. The van der Waals surface area contributed by atoms with E-state index in [1.54, 1.807) is 13.0 Å². The summed E-state index contributed by atoms with van der Waals surface area (Å²) >= 11 is 7.14. The highest BCUT2D eigenvalue weighted by Crippen LogP contribution is 2.25. The summed E-state index contributed by atoms with van der Waals surface area (Å²) in [6.07, 6.45) is 1.82. The Hall–Kier alpha value is -0.210. The van der Waals surface area contributed by atoms with E-state index in [4.69, 9.17) is 11.6 Å². The zero-order chi connectivity index (χ0) is 8.43. The van der Waals surface area contributed by atoms with Crippen molar-refractivity contribution in [1.29, 1.82) is 0 Å². The minimum Gasteiger partial charge on any atom is -0.206 e. The normalized spacial score (nSPS) is 10.2. The molecule has 1 rings (SSSR count). The van der Waals surface area contributed by atoms with Gasteiger partial charge in [-0.15, -0.1) is 11.8 Å². The number of hydrogen-bond acceptors (Lipinski definition) is 1. The van der Waals surface area contributed by atoms with Gasteiger partial charge in [-0.25, -0.2) is 4.39 Å². The predicted molar refractivity (Wildman–Crippen MR) is 47.9 cm³/mol. The molecule has 3 heteroatoms. The highest BCUT2D eigenvalue weighted by Gasteiger charge is 2.03. The molecule has 0 heterocycles. The molecule has 0 radical (unpaired) electrons. The number of rotatable bonds is 1. The largest absolute Gasteiger partial charge is 0.206 e. The lowest BCUT2D eigenvalue weighted by molar-refractivity contribution is 0.601. The molecule has 11 heavy (non-hydrogen) atoms. The third kappa shape index (κ3) is 1.88. The SMILES string of the molecule is CSc1cc(Cl)c(C)cc1F. The molecule has 0 nitrogen and oxygen atoms in total. The van der Waals surface area contributed by atoms with Crippen LogP contribution in [0.3, 0.4) is 0 Å². The van der Waals surface area contributed by atoms with Gasteiger partial charge in [0.05, 0.1) is 0 Å². The molecule has 0 spiro atoms. The Bertz CT molecular complexity index is 273. The summed E-state index contributed by atoms with van der Waals surface area (Å²) in [4.78, 5) is 0.598. The van der Waals surface area contributed by atoms with Gasteiger partial charge in [-0.1, -0.05) is 11.6 Å². The van der Waals surface area contributed by atoms with Gasteiger partial charge in [0.15, 0.2) is 0 Å². The van der Waals surface area contributed by atoms with Gasteiger partial charge in [0.25, 0.3) is 0 Å². The van der Waals surface area contributed by atoms with E-state index in [0.717, 1.165) is 5.56 Å². The summed E-state index contributed by atoms with van der Waals surface area (Å²) < 4.78 is 13.0. The van der Waals surface area contributed by atoms with E-state index in [9.17, 15) is 4.39 Å². The Morgan fingerprint density at radius 2 is 2.09 bits per heavy atom. The Labute approximate surface area is 74.8 Å².